The van der Waals surface area contributed by atoms with Gasteiger partial charge in [-0.15, -0.1) is 0 Å². The van der Waals surface area contributed by atoms with E-state index < -0.39 is 21.8 Å². The van der Waals surface area contributed by atoms with Crippen LogP contribution in [0.2, 0.25) is 0 Å². The van der Waals surface area contributed by atoms with Gasteiger partial charge in [0, 0.05) is 50.5 Å². The standard InChI is InChI=1S/C24H28F3N3O3S/c1-3-4-23(31)30-8-7-18-15-21(5-6-22(18)30)34(32,33)29-11-9-28(10-12-29)20-14-17(2)13-19(16-20)24(25,26)27/h5-6,13-16H,3-4,7-12H2,1-2H3. The number of carbonyl (C=O) groups excluding carboxylic acids is 1. The van der Waals surface area contributed by atoms with Gasteiger partial charge in [-0.2, -0.15) is 17.5 Å². The fourth-order valence-corrected chi connectivity index (χ4v) is 6.06. The second kappa shape index (κ2) is 9.22. The molecule has 2 aromatic carbocycles. The fourth-order valence-electron chi connectivity index (χ4n) is 4.59. The molecule has 0 aliphatic carbocycles. The molecule has 1 fully saturated rings. The minimum atomic E-state index is -4.43. The van der Waals surface area contributed by atoms with Gasteiger partial charge in [-0.1, -0.05) is 6.92 Å². The lowest BCUT2D eigenvalue weighted by Crippen LogP contribution is -2.48. The molecule has 0 aromatic heterocycles. The lowest BCUT2D eigenvalue weighted by molar-refractivity contribution is -0.137. The van der Waals surface area contributed by atoms with Crippen LogP contribution in [0.15, 0.2) is 41.3 Å². The smallest absolute Gasteiger partial charge is 0.369 e. The number of aryl methyl sites for hydroxylation is 1. The number of sulfonamides is 1. The Hall–Kier alpha value is -2.59. The predicted octanol–water partition coefficient (Wildman–Crippen LogP) is 4.21. The molecule has 184 valence electrons. The summed E-state index contributed by atoms with van der Waals surface area (Å²) in [6.45, 7) is 5.05. The first-order valence-corrected chi connectivity index (χ1v) is 12.8. The summed E-state index contributed by atoms with van der Waals surface area (Å²) in [4.78, 5) is 16.0. The van der Waals surface area contributed by atoms with Crippen molar-refractivity contribution in [3.05, 3.63) is 53.1 Å². The third-order valence-corrected chi connectivity index (χ3v) is 8.24. The van der Waals surface area contributed by atoms with Gasteiger partial charge >= 0.3 is 6.18 Å². The Balaban J connectivity index is 1.48. The van der Waals surface area contributed by atoms with Gasteiger partial charge in [0.05, 0.1) is 10.5 Å². The van der Waals surface area contributed by atoms with Crippen molar-refractivity contribution in [1.29, 1.82) is 0 Å². The van der Waals surface area contributed by atoms with Gasteiger partial charge in [0.15, 0.2) is 0 Å². The second-order valence-corrected chi connectivity index (χ2v) is 10.7. The van der Waals surface area contributed by atoms with Gasteiger partial charge in [0.2, 0.25) is 15.9 Å². The maximum atomic E-state index is 13.3. The van der Waals surface area contributed by atoms with Crippen molar-refractivity contribution in [1.82, 2.24) is 4.31 Å². The van der Waals surface area contributed by atoms with E-state index in [0.717, 1.165) is 29.8 Å². The van der Waals surface area contributed by atoms with Crippen molar-refractivity contribution >= 4 is 27.3 Å². The van der Waals surface area contributed by atoms with Gasteiger partial charge in [0.1, 0.15) is 0 Å². The molecule has 0 atom stereocenters. The van der Waals surface area contributed by atoms with Crippen LogP contribution in [0.3, 0.4) is 0 Å². The topological polar surface area (TPSA) is 60.9 Å². The van der Waals surface area contributed by atoms with Crippen molar-refractivity contribution < 1.29 is 26.4 Å². The van der Waals surface area contributed by atoms with Crippen LogP contribution in [-0.2, 0) is 27.4 Å². The zero-order valence-corrected chi connectivity index (χ0v) is 20.0. The highest BCUT2D eigenvalue weighted by molar-refractivity contribution is 7.89. The molecule has 34 heavy (non-hydrogen) atoms. The number of halogens is 3. The van der Waals surface area contributed by atoms with Crippen molar-refractivity contribution in [2.45, 2.75) is 44.2 Å². The van der Waals surface area contributed by atoms with E-state index in [2.05, 4.69) is 0 Å². The summed E-state index contributed by atoms with van der Waals surface area (Å²) in [6, 6.07) is 8.79. The van der Waals surface area contributed by atoms with Crippen LogP contribution in [0.1, 0.15) is 36.5 Å². The molecule has 6 nitrogen and oxygen atoms in total. The van der Waals surface area contributed by atoms with E-state index in [-0.39, 0.29) is 23.9 Å². The molecule has 0 unspecified atom stereocenters. The van der Waals surface area contributed by atoms with Crippen molar-refractivity contribution in [3.63, 3.8) is 0 Å². The third-order valence-electron chi connectivity index (χ3n) is 6.34. The molecule has 4 rings (SSSR count). The van der Waals surface area contributed by atoms with Gasteiger partial charge in [-0.05, 0) is 67.3 Å². The Morgan fingerprint density at radius 2 is 1.71 bits per heavy atom. The van der Waals surface area contributed by atoms with Crippen LogP contribution in [0.25, 0.3) is 0 Å². The zero-order valence-electron chi connectivity index (χ0n) is 19.2. The first-order chi connectivity index (χ1) is 16.0. The highest BCUT2D eigenvalue weighted by Crippen LogP contribution is 2.34. The molecule has 1 amide bonds. The maximum absolute atomic E-state index is 13.3. The van der Waals surface area contributed by atoms with Crippen LogP contribution >= 0.6 is 0 Å². The van der Waals surface area contributed by atoms with Crippen LogP contribution in [-0.4, -0.2) is 51.4 Å². The van der Waals surface area contributed by atoms with Crippen molar-refractivity contribution in [2.24, 2.45) is 0 Å². The molecule has 2 heterocycles. The lowest BCUT2D eigenvalue weighted by Gasteiger charge is -2.35. The van der Waals surface area contributed by atoms with Crippen LogP contribution in [0.4, 0.5) is 24.5 Å². The Bertz CT molecular complexity index is 1190. The molecule has 1 saturated heterocycles. The van der Waals surface area contributed by atoms with Crippen molar-refractivity contribution in [3.8, 4) is 0 Å². The Kier molecular flexibility index (Phi) is 6.65. The SMILES string of the molecule is CCCC(=O)N1CCc2cc(S(=O)(=O)N3CCN(c4cc(C)cc(C(F)(F)F)c4)CC3)ccc21. The number of hydrogen-bond acceptors (Lipinski definition) is 4. The molecule has 2 aliphatic rings. The third kappa shape index (κ3) is 4.79. The number of piperazine rings is 1. The highest BCUT2D eigenvalue weighted by Gasteiger charge is 2.34. The summed E-state index contributed by atoms with van der Waals surface area (Å²) in [5, 5.41) is 0. The maximum Gasteiger partial charge on any atom is 0.416 e. The van der Waals surface area contributed by atoms with Gasteiger partial charge in [0.25, 0.3) is 0 Å². The van der Waals surface area contributed by atoms with Gasteiger partial charge in [-0.25, -0.2) is 8.42 Å². The molecule has 0 spiro atoms. The zero-order chi connectivity index (χ0) is 24.7. The number of fused-ring (bicyclic) bond motifs is 1. The number of nitrogens with zero attached hydrogens (tertiary/aromatic N) is 3. The Morgan fingerprint density at radius 3 is 2.35 bits per heavy atom. The number of benzene rings is 2. The minimum Gasteiger partial charge on any atom is -0.369 e. The molecular formula is C24H28F3N3O3S. The minimum absolute atomic E-state index is 0.0396. The monoisotopic (exact) mass is 495 g/mol. The quantitative estimate of drug-likeness (QED) is 0.624. The van der Waals surface area contributed by atoms with Gasteiger partial charge in [-0.3, -0.25) is 4.79 Å². The molecule has 0 bridgehead atoms. The predicted molar refractivity (Wildman–Crippen MR) is 125 cm³/mol. The van der Waals surface area contributed by atoms with E-state index in [1.165, 1.54) is 10.4 Å². The van der Waals surface area contributed by atoms with Crippen LogP contribution < -0.4 is 9.80 Å². The molecule has 2 aliphatic heterocycles. The summed E-state index contributed by atoms with van der Waals surface area (Å²) in [5.74, 6) is 0.0396. The normalized spacial score (nSPS) is 17.2. The summed E-state index contributed by atoms with van der Waals surface area (Å²) in [6.07, 6.45) is -2.62. The molecule has 0 saturated carbocycles. The fraction of sp³-hybridized carbons (Fsp3) is 0.458. The summed E-state index contributed by atoms with van der Waals surface area (Å²) in [7, 11) is -3.75. The lowest BCUT2D eigenvalue weighted by atomic mass is 10.1. The van der Waals surface area contributed by atoms with E-state index >= 15 is 0 Å². The van der Waals surface area contributed by atoms with E-state index in [4.69, 9.17) is 0 Å². The van der Waals surface area contributed by atoms with Crippen molar-refractivity contribution in [2.75, 3.05) is 42.5 Å². The molecule has 0 radical (unpaired) electrons. The first kappa shape index (κ1) is 24.5. The Labute approximate surface area is 198 Å². The van der Waals surface area contributed by atoms with Crippen LogP contribution in [0, 0.1) is 6.92 Å². The number of anilines is 2. The van der Waals surface area contributed by atoms with E-state index in [0.29, 0.717) is 43.7 Å². The largest absolute Gasteiger partial charge is 0.416 e. The molecule has 0 N–H and O–H groups in total. The number of rotatable bonds is 5. The van der Waals surface area contributed by atoms with Crippen LogP contribution in [0.5, 0.6) is 0 Å². The highest BCUT2D eigenvalue weighted by atomic mass is 32.2. The Morgan fingerprint density at radius 1 is 1.00 bits per heavy atom. The number of amides is 1. The molecule has 2 aromatic rings. The van der Waals surface area contributed by atoms with Gasteiger partial charge < -0.3 is 9.80 Å². The summed E-state index contributed by atoms with van der Waals surface area (Å²) < 4.78 is 67.5. The van der Waals surface area contributed by atoms with E-state index in [1.807, 2.05) is 6.92 Å². The summed E-state index contributed by atoms with van der Waals surface area (Å²) >= 11 is 0. The second-order valence-electron chi connectivity index (χ2n) is 8.78. The molecule has 10 heteroatoms. The first-order valence-electron chi connectivity index (χ1n) is 11.4. The average molecular weight is 496 g/mol. The summed E-state index contributed by atoms with van der Waals surface area (Å²) in [5.41, 5.74) is 1.84. The average Bonchev–Trinajstić information content (AvgIpc) is 3.22. The van der Waals surface area contributed by atoms with E-state index in [1.54, 1.807) is 34.9 Å². The molecular weight excluding hydrogens is 467 g/mol. The number of hydrogen-bond donors (Lipinski definition) is 0. The number of carbonyl (C=O) groups is 1. The number of alkyl halides is 3. The van der Waals surface area contributed by atoms with E-state index in [9.17, 15) is 26.4 Å².